The highest BCUT2D eigenvalue weighted by molar-refractivity contribution is 5.92. The number of alkyl halides is 3. The number of rotatable bonds is 6. The molecule has 0 fully saturated rings. The van der Waals surface area contributed by atoms with Gasteiger partial charge in [0, 0.05) is 18.8 Å². The third kappa shape index (κ3) is 6.53. The van der Waals surface area contributed by atoms with Crippen LogP contribution in [0.2, 0.25) is 0 Å². The maximum atomic E-state index is 12.3. The minimum atomic E-state index is -4.35. The summed E-state index contributed by atoms with van der Waals surface area (Å²) in [5, 5.41) is 2.56. The molecule has 4 nitrogen and oxygen atoms in total. The van der Waals surface area contributed by atoms with Gasteiger partial charge in [-0.3, -0.25) is 9.69 Å². The molecule has 0 unspecified atom stereocenters. The Labute approximate surface area is 115 Å². The molecule has 0 radical (unpaired) electrons. The van der Waals surface area contributed by atoms with Crippen molar-refractivity contribution < 1.29 is 18.0 Å². The van der Waals surface area contributed by atoms with Crippen LogP contribution in [-0.4, -0.2) is 43.2 Å². The molecule has 112 valence electrons. The van der Waals surface area contributed by atoms with Crippen molar-refractivity contribution in [3.05, 3.63) is 29.8 Å². The lowest BCUT2D eigenvalue weighted by atomic mass is 10.2. The summed E-state index contributed by atoms with van der Waals surface area (Å²) in [6, 6.07) is 7.01. The fourth-order valence-electron chi connectivity index (χ4n) is 1.69. The molecule has 0 aliphatic carbocycles. The Morgan fingerprint density at radius 3 is 2.40 bits per heavy atom. The Morgan fingerprint density at radius 2 is 1.90 bits per heavy atom. The fraction of sp³-hybridized carbons (Fsp3) is 0.462. The maximum absolute atomic E-state index is 12.3. The number of anilines is 1. The lowest BCUT2D eigenvalue weighted by Gasteiger charge is -2.22. The van der Waals surface area contributed by atoms with E-state index in [9.17, 15) is 18.0 Å². The summed E-state index contributed by atoms with van der Waals surface area (Å²) in [4.78, 5) is 12.7. The van der Waals surface area contributed by atoms with Gasteiger partial charge in [0.25, 0.3) is 0 Å². The number of carbonyl (C=O) groups is 1. The number of aryl methyl sites for hydroxylation is 1. The second-order valence-corrected chi connectivity index (χ2v) is 4.53. The van der Waals surface area contributed by atoms with Crippen LogP contribution in [0.3, 0.4) is 0 Å². The monoisotopic (exact) mass is 289 g/mol. The van der Waals surface area contributed by atoms with Crippen LogP contribution >= 0.6 is 0 Å². The average molecular weight is 289 g/mol. The molecule has 0 heterocycles. The number of nitrogens with one attached hydrogen (secondary N) is 1. The number of carbonyl (C=O) groups excluding carboxylic acids is 1. The molecule has 0 aromatic heterocycles. The van der Waals surface area contributed by atoms with E-state index in [-0.39, 0.29) is 19.6 Å². The zero-order valence-corrected chi connectivity index (χ0v) is 11.2. The third-order valence-corrected chi connectivity index (χ3v) is 2.55. The number of nitrogens with two attached hydrogens (primary N) is 1. The Balaban J connectivity index is 2.55. The number of benzene rings is 1. The lowest BCUT2D eigenvalue weighted by Crippen LogP contribution is -2.42. The van der Waals surface area contributed by atoms with E-state index in [1.807, 2.05) is 19.1 Å². The molecule has 0 spiro atoms. The van der Waals surface area contributed by atoms with Gasteiger partial charge in [-0.1, -0.05) is 17.7 Å². The molecule has 0 saturated heterocycles. The Hall–Kier alpha value is -1.60. The van der Waals surface area contributed by atoms with Crippen LogP contribution in [-0.2, 0) is 4.79 Å². The molecule has 0 aliphatic heterocycles. The van der Waals surface area contributed by atoms with Gasteiger partial charge in [0.2, 0.25) is 5.91 Å². The Bertz CT molecular complexity index is 431. The zero-order chi connectivity index (χ0) is 15.2. The molecule has 1 aromatic rings. The molecule has 1 rings (SSSR count). The van der Waals surface area contributed by atoms with Crippen molar-refractivity contribution in [2.24, 2.45) is 5.73 Å². The highest BCUT2D eigenvalue weighted by Crippen LogP contribution is 2.16. The molecule has 0 aliphatic rings. The van der Waals surface area contributed by atoms with Gasteiger partial charge in [-0.15, -0.1) is 0 Å². The summed E-state index contributed by atoms with van der Waals surface area (Å²) in [6.07, 6.45) is -4.35. The summed E-state index contributed by atoms with van der Waals surface area (Å²) in [7, 11) is 0. The molecule has 0 saturated carbocycles. The SMILES string of the molecule is Cc1ccc(NC(=O)CN(CCN)CC(F)(F)F)cc1. The number of hydrogen-bond acceptors (Lipinski definition) is 3. The van der Waals surface area contributed by atoms with Crippen molar-refractivity contribution in [3.8, 4) is 0 Å². The van der Waals surface area contributed by atoms with Crippen LogP contribution in [0.15, 0.2) is 24.3 Å². The summed E-state index contributed by atoms with van der Waals surface area (Å²) in [5.41, 5.74) is 6.84. The van der Waals surface area contributed by atoms with E-state index in [1.54, 1.807) is 12.1 Å². The minimum absolute atomic E-state index is 0.0147. The lowest BCUT2D eigenvalue weighted by molar-refractivity contribution is -0.147. The molecule has 20 heavy (non-hydrogen) atoms. The predicted molar refractivity (Wildman–Crippen MR) is 71.4 cm³/mol. The van der Waals surface area contributed by atoms with Gasteiger partial charge in [0.1, 0.15) is 0 Å². The van der Waals surface area contributed by atoms with Crippen LogP contribution in [0.1, 0.15) is 5.56 Å². The largest absolute Gasteiger partial charge is 0.401 e. The van der Waals surface area contributed by atoms with Crippen molar-refractivity contribution in [1.29, 1.82) is 0 Å². The molecule has 1 aromatic carbocycles. The van der Waals surface area contributed by atoms with Crippen LogP contribution in [0.5, 0.6) is 0 Å². The van der Waals surface area contributed by atoms with Gasteiger partial charge in [-0.25, -0.2) is 0 Å². The first kappa shape index (κ1) is 16.5. The first-order valence-corrected chi connectivity index (χ1v) is 6.16. The average Bonchev–Trinajstić information content (AvgIpc) is 2.30. The maximum Gasteiger partial charge on any atom is 0.401 e. The van der Waals surface area contributed by atoms with Crippen LogP contribution in [0, 0.1) is 6.92 Å². The van der Waals surface area contributed by atoms with E-state index in [0.29, 0.717) is 5.69 Å². The minimum Gasteiger partial charge on any atom is -0.329 e. The number of amides is 1. The number of nitrogens with zero attached hydrogens (tertiary/aromatic N) is 1. The van der Waals surface area contributed by atoms with Crippen LogP contribution < -0.4 is 11.1 Å². The van der Waals surface area contributed by atoms with Crippen molar-refractivity contribution >= 4 is 11.6 Å². The Kier molecular flexibility index (Phi) is 5.97. The topological polar surface area (TPSA) is 58.4 Å². The van der Waals surface area contributed by atoms with Gasteiger partial charge in [-0.2, -0.15) is 13.2 Å². The van der Waals surface area contributed by atoms with Gasteiger partial charge in [-0.05, 0) is 19.1 Å². The van der Waals surface area contributed by atoms with E-state index in [0.717, 1.165) is 10.5 Å². The summed E-state index contributed by atoms with van der Waals surface area (Å²) >= 11 is 0. The predicted octanol–water partition coefficient (Wildman–Crippen LogP) is 1.76. The fourth-order valence-corrected chi connectivity index (χ4v) is 1.69. The van der Waals surface area contributed by atoms with Crippen molar-refractivity contribution in [1.82, 2.24) is 4.90 Å². The van der Waals surface area contributed by atoms with Crippen molar-refractivity contribution in [3.63, 3.8) is 0 Å². The smallest absolute Gasteiger partial charge is 0.329 e. The van der Waals surface area contributed by atoms with E-state index in [2.05, 4.69) is 5.32 Å². The van der Waals surface area contributed by atoms with E-state index in [4.69, 9.17) is 5.73 Å². The van der Waals surface area contributed by atoms with E-state index in [1.165, 1.54) is 0 Å². The zero-order valence-electron chi connectivity index (χ0n) is 11.2. The molecular formula is C13H18F3N3O. The molecule has 3 N–H and O–H groups in total. The normalized spacial score (nSPS) is 11.7. The summed E-state index contributed by atoms with van der Waals surface area (Å²) < 4.78 is 37.0. The molecule has 7 heteroatoms. The Morgan fingerprint density at radius 1 is 1.30 bits per heavy atom. The van der Waals surface area contributed by atoms with Crippen molar-refractivity contribution in [2.45, 2.75) is 13.1 Å². The van der Waals surface area contributed by atoms with Gasteiger partial charge < -0.3 is 11.1 Å². The summed E-state index contributed by atoms with van der Waals surface area (Å²) in [6.45, 7) is 0.489. The number of hydrogen-bond donors (Lipinski definition) is 2. The molecular weight excluding hydrogens is 271 g/mol. The standard InChI is InChI=1S/C13H18F3N3O/c1-10-2-4-11(5-3-10)18-12(20)8-19(7-6-17)9-13(14,15)16/h2-5H,6-9,17H2,1H3,(H,18,20). The first-order chi connectivity index (χ1) is 9.30. The van der Waals surface area contributed by atoms with E-state index >= 15 is 0 Å². The molecule has 1 amide bonds. The van der Waals surface area contributed by atoms with Gasteiger partial charge in [0.15, 0.2) is 0 Å². The van der Waals surface area contributed by atoms with E-state index < -0.39 is 18.6 Å². The second kappa shape index (κ2) is 7.25. The quantitative estimate of drug-likeness (QED) is 0.839. The van der Waals surface area contributed by atoms with Crippen molar-refractivity contribution in [2.75, 3.05) is 31.5 Å². The van der Waals surface area contributed by atoms with Gasteiger partial charge >= 0.3 is 6.18 Å². The molecule has 0 bridgehead atoms. The highest BCUT2D eigenvalue weighted by Gasteiger charge is 2.31. The third-order valence-electron chi connectivity index (χ3n) is 2.55. The van der Waals surface area contributed by atoms with Crippen LogP contribution in [0.25, 0.3) is 0 Å². The first-order valence-electron chi connectivity index (χ1n) is 6.16. The second-order valence-electron chi connectivity index (χ2n) is 4.53. The molecule has 0 atom stereocenters. The number of halogens is 3. The summed E-state index contributed by atoms with van der Waals surface area (Å²) in [5.74, 6) is -0.494. The highest BCUT2D eigenvalue weighted by atomic mass is 19.4. The van der Waals surface area contributed by atoms with Gasteiger partial charge in [0.05, 0.1) is 13.1 Å². The van der Waals surface area contributed by atoms with Crippen LogP contribution in [0.4, 0.5) is 18.9 Å².